The summed E-state index contributed by atoms with van der Waals surface area (Å²) in [7, 11) is 0. The number of fused-ring (bicyclic) bond motifs is 1. The van der Waals surface area contributed by atoms with E-state index in [4.69, 9.17) is 10.7 Å². The van der Waals surface area contributed by atoms with Crippen molar-refractivity contribution in [3.8, 4) is 11.3 Å². The molecule has 1 aliphatic rings. The zero-order valence-corrected chi connectivity index (χ0v) is 10.8. The molecule has 0 amide bonds. The summed E-state index contributed by atoms with van der Waals surface area (Å²) in [6.07, 6.45) is 3.57. The van der Waals surface area contributed by atoms with Crippen molar-refractivity contribution in [2.45, 2.75) is 39.3 Å². The second kappa shape index (κ2) is 4.58. The van der Waals surface area contributed by atoms with Gasteiger partial charge in [-0.15, -0.1) is 0 Å². The van der Waals surface area contributed by atoms with Gasteiger partial charge in [-0.1, -0.05) is 29.8 Å². The van der Waals surface area contributed by atoms with E-state index in [0.29, 0.717) is 6.54 Å². The van der Waals surface area contributed by atoms with E-state index in [-0.39, 0.29) is 0 Å². The Morgan fingerprint density at radius 2 is 2.00 bits per heavy atom. The average Bonchev–Trinajstić information content (AvgIpc) is 2.78. The van der Waals surface area contributed by atoms with Crippen molar-refractivity contribution >= 4 is 0 Å². The molecule has 18 heavy (non-hydrogen) atoms. The molecule has 0 unspecified atom stereocenters. The first-order chi connectivity index (χ1) is 8.79. The Kier molecular flexibility index (Phi) is 2.92. The topological polar surface area (TPSA) is 43.8 Å². The van der Waals surface area contributed by atoms with Crippen LogP contribution in [0.15, 0.2) is 24.3 Å². The molecule has 1 aliphatic heterocycles. The van der Waals surface area contributed by atoms with Crippen molar-refractivity contribution in [2.24, 2.45) is 5.73 Å². The standard InChI is InChI=1S/C15H19N3/c1-11-5-7-12(8-6-11)15-13(10-16)18-9-3-2-4-14(18)17-15/h5-8H,2-4,9-10,16H2,1H3. The Morgan fingerprint density at radius 3 is 2.72 bits per heavy atom. The molecule has 1 aromatic carbocycles. The fourth-order valence-corrected chi connectivity index (χ4v) is 2.69. The van der Waals surface area contributed by atoms with Gasteiger partial charge in [0.2, 0.25) is 0 Å². The molecule has 94 valence electrons. The zero-order valence-electron chi connectivity index (χ0n) is 10.8. The molecule has 0 fully saturated rings. The van der Waals surface area contributed by atoms with Gasteiger partial charge in [0.1, 0.15) is 5.82 Å². The molecule has 3 heteroatoms. The molecular weight excluding hydrogens is 222 g/mol. The van der Waals surface area contributed by atoms with Gasteiger partial charge in [0.15, 0.2) is 0 Å². The molecule has 0 spiro atoms. The van der Waals surface area contributed by atoms with Crippen LogP contribution < -0.4 is 5.73 Å². The lowest BCUT2D eigenvalue weighted by Crippen LogP contribution is -2.15. The van der Waals surface area contributed by atoms with E-state index in [0.717, 1.165) is 18.7 Å². The van der Waals surface area contributed by atoms with Crippen LogP contribution >= 0.6 is 0 Å². The number of hydrogen-bond acceptors (Lipinski definition) is 2. The molecule has 0 bridgehead atoms. The molecule has 0 aliphatic carbocycles. The van der Waals surface area contributed by atoms with Gasteiger partial charge in [0, 0.05) is 25.1 Å². The number of imidazole rings is 1. The molecule has 0 saturated carbocycles. The van der Waals surface area contributed by atoms with Crippen LogP contribution in [0.4, 0.5) is 0 Å². The van der Waals surface area contributed by atoms with E-state index in [1.807, 2.05) is 0 Å². The maximum Gasteiger partial charge on any atom is 0.109 e. The van der Waals surface area contributed by atoms with Gasteiger partial charge in [0.25, 0.3) is 0 Å². The number of aryl methyl sites for hydroxylation is 2. The van der Waals surface area contributed by atoms with Crippen molar-refractivity contribution in [3.63, 3.8) is 0 Å². The van der Waals surface area contributed by atoms with Crippen LogP contribution in [0.3, 0.4) is 0 Å². The van der Waals surface area contributed by atoms with E-state index in [1.165, 1.54) is 35.5 Å². The van der Waals surface area contributed by atoms with Gasteiger partial charge < -0.3 is 10.3 Å². The normalized spacial score (nSPS) is 14.6. The molecule has 3 rings (SSSR count). The summed E-state index contributed by atoms with van der Waals surface area (Å²) in [5, 5.41) is 0. The highest BCUT2D eigenvalue weighted by Crippen LogP contribution is 2.27. The predicted octanol–water partition coefficient (Wildman–Crippen LogP) is 2.65. The van der Waals surface area contributed by atoms with Crippen LogP contribution in [0.25, 0.3) is 11.3 Å². The Morgan fingerprint density at radius 1 is 1.22 bits per heavy atom. The average molecular weight is 241 g/mol. The lowest BCUT2D eigenvalue weighted by Gasteiger charge is -2.15. The van der Waals surface area contributed by atoms with Crippen molar-refractivity contribution < 1.29 is 0 Å². The Labute approximate surface area is 108 Å². The second-order valence-corrected chi connectivity index (χ2v) is 5.00. The molecule has 0 atom stereocenters. The number of nitrogens with two attached hydrogens (primary N) is 1. The molecule has 3 nitrogen and oxygen atoms in total. The predicted molar refractivity (Wildman–Crippen MR) is 73.2 cm³/mol. The molecule has 1 aromatic heterocycles. The summed E-state index contributed by atoms with van der Waals surface area (Å²) in [5.41, 5.74) is 10.7. The van der Waals surface area contributed by atoms with E-state index in [1.54, 1.807) is 0 Å². The molecule has 2 N–H and O–H groups in total. The number of benzene rings is 1. The van der Waals surface area contributed by atoms with E-state index >= 15 is 0 Å². The summed E-state index contributed by atoms with van der Waals surface area (Å²) < 4.78 is 2.32. The smallest absolute Gasteiger partial charge is 0.109 e. The minimum Gasteiger partial charge on any atom is -0.330 e. The zero-order chi connectivity index (χ0) is 12.5. The van der Waals surface area contributed by atoms with Gasteiger partial charge in [0.05, 0.1) is 11.4 Å². The van der Waals surface area contributed by atoms with Gasteiger partial charge in [-0.3, -0.25) is 0 Å². The van der Waals surface area contributed by atoms with Crippen molar-refractivity contribution in [2.75, 3.05) is 0 Å². The Hall–Kier alpha value is -1.61. The number of hydrogen-bond donors (Lipinski definition) is 1. The summed E-state index contributed by atoms with van der Waals surface area (Å²) in [5.74, 6) is 1.21. The SMILES string of the molecule is Cc1ccc(-c2nc3n(c2CN)CCCC3)cc1. The Balaban J connectivity index is 2.11. The highest BCUT2D eigenvalue weighted by Gasteiger charge is 2.19. The highest BCUT2D eigenvalue weighted by molar-refractivity contribution is 5.63. The van der Waals surface area contributed by atoms with Gasteiger partial charge in [-0.2, -0.15) is 0 Å². The van der Waals surface area contributed by atoms with Crippen LogP contribution in [0.5, 0.6) is 0 Å². The summed E-state index contributed by atoms with van der Waals surface area (Å²) in [4.78, 5) is 4.80. The monoisotopic (exact) mass is 241 g/mol. The lowest BCUT2D eigenvalue weighted by atomic mass is 10.1. The molecule has 2 heterocycles. The summed E-state index contributed by atoms with van der Waals surface area (Å²) in [6, 6.07) is 8.55. The first kappa shape index (κ1) is 11.5. The maximum atomic E-state index is 5.93. The lowest BCUT2D eigenvalue weighted by molar-refractivity contribution is 0.508. The van der Waals surface area contributed by atoms with Gasteiger partial charge in [-0.05, 0) is 19.8 Å². The van der Waals surface area contributed by atoms with Gasteiger partial charge >= 0.3 is 0 Å². The van der Waals surface area contributed by atoms with E-state index in [2.05, 4.69) is 35.8 Å². The minimum atomic E-state index is 0.566. The third-order valence-corrected chi connectivity index (χ3v) is 3.70. The molecule has 0 saturated heterocycles. The number of nitrogens with zero attached hydrogens (tertiary/aromatic N) is 2. The number of aromatic nitrogens is 2. The van der Waals surface area contributed by atoms with Crippen LogP contribution in [0.1, 0.15) is 29.9 Å². The van der Waals surface area contributed by atoms with E-state index < -0.39 is 0 Å². The quantitative estimate of drug-likeness (QED) is 0.878. The third kappa shape index (κ3) is 1.85. The van der Waals surface area contributed by atoms with Crippen molar-refractivity contribution in [1.82, 2.24) is 9.55 Å². The minimum absolute atomic E-state index is 0.566. The highest BCUT2D eigenvalue weighted by atomic mass is 15.1. The van der Waals surface area contributed by atoms with Crippen molar-refractivity contribution in [1.29, 1.82) is 0 Å². The maximum absolute atomic E-state index is 5.93. The van der Waals surface area contributed by atoms with Crippen LogP contribution in [-0.4, -0.2) is 9.55 Å². The first-order valence-corrected chi connectivity index (χ1v) is 6.65. The Bertz CT molecular complexity index is 552. The van der Waals surface area contributed by atoms with Crippen LogP contribution in [0, 0.1) is 6.92 Å². The van der Waals surface area contributed by atoms with Gasteiger partial charge in [-0.25, -0.2) is 4.98 Å². The fourth-order valence-electron chi connectivity index (χ4n) is 2.69. The molecule has 2 aromatic rings. The van der Waals surface area contributed by atoms with Crippen molar-refractivity contribution in [3.05, 3.63) is 41.3 Å². The summed E-state index contributed by atoms with van der Waals surface area (Å²) in [6.45, 7) is 3.74. The molecular formula is C15H19N3. The first-order valence-electron chi connectivity index (χ1n) is 6.65. The van der Waals surface area contributed by atoms with E-state index in [9.17, 15) is 0 Å². The third-order valence-electron chi connectivity index (χ3n) is 3.70. The second-order valence-electron chi connectivity index (χ2n) is 5.00. The van der Waals surface area contributed by atoms with Crippen LogP contribution in [0.2, 0.25) is 0 Å². The fraction of sp³-hybridized carbons (Fsp3) is 0.400. The largest absolute Gasteiger partial charge is 0.330 e. The number of rotatable bonds is 2. The van der Waals surface area contributed by atoms with Crippen LogP contribution in [-0.2, 0) is 19.5 Å². The summed E-state index contributed by atoms with van der Waals surface area (Å²) >= 11 is 0. The molecule has 0 radical (unpaired) electrons.